The summed E-state index contributed by atoms with van der Waals surface area (Å²) in [7, 11) is 0. The van der Waals surface area contributed by atoms with E-state index in [0.29, 0.717) is 29.3 Å². The quantitative estimate of drug-likeness (QED) is 0.441. The smallest absolute Gasteiger partial charge is 0.274 e. The molecule has 2 aromatic carbocycles. The van der Waals surface area contributed by atoms with Crippen molar-refractivity contribution >= 4 is 46.7 Å². The number of hydrogen-bond acceptors (Lipinski definition) is 4. The molecule has 2 aromatic rings. The Bertz CT molecular complexity index is 1130. The highest BCUT2D eigenvalue weighted by atomic mass is 35.5. The summed E-state index contributed by atoms with van der Waals surface area (Å²) in [6.45, 7) is 3.48. The van der Waals surface area contributed by atoms with E-state index in [1.807, 2.05) is 13.8 Å². The molecule has 6 nitrogen and oxygen atoms in total. The van der Waals surface area contributed by atoms with Crippen LogP contribution in [0.25, 0.3) is 0 Å². The van der Waals surface area contributed by atoms with Gasteiger partial charge in [-0.05, 0) is 50.3 Å². The van der Waals surface area contributed by atoms with Crippen LogP contribution in [0.2, 0.25) is 10.0 Å². The van der Waals surface area contributed by atoms with Crippen molar-refractivity contribution in [1.82, 2.24) is 10.0 Å². The van der Waals surface area contributed by atoms with Gasteiger partial charge in [0.1, 0.15) is 6.54 Å². The van der Waals surface area contributed by atoms with Crippen molar-refractivity contribution in [3.05, 3.63) is 69.2 Å². The van der Waals surface area contributed by atoms with Gasteiger partial charge in [0.05, 0.1) is 22.4 Å². The molecule has 0 bridgehead atoms. The number of fused-ring (bicyclic) bond motifs is 1. The predicted octanol–water partition coefficient (Wildman–Crippen LogP) is 4.96. The standard InChI is InChI=1S/C25H24Cl2N2O4/c1-14-3-6-16(7-4-14)22(30)13-28(23(31)19-10-8-17(26)12-21(19)27)29-24(32)18-9-5-15(2)11-20(18)25(29)33/h3-4,6-8,10,12,15,18,20H,5,9,11,13H2,1-2H3/t15-,18+,20+/m0/s1. The second-order valence-corrected chi connectivity index (χ2v) is 9.74. The van der Waals surface area contributed by atoms with Crippen molar-refractivity contribution < 1.29 is 19.2 Å². The molecule has 1 heterocycles. The molecule has 0 radical (unpaired) electrons. The van der Waals surface area contributed by atoms with E-state index in [-0.39, 0.29) is 10.6 Å². The third-order valence-electron chi connectivity index (χ3n) is 6.47. The second-order valence-electron chi connectivity index (χ2n) is 8.90. The molecule has 3 atom stereocenters. The lowest BCUT2D eigenvalue weighted by molar-refractivity contribution is -0.154. The maximum Gasteiger partial charge on any atom is 0.274 e. The number of hydrazine groups is 1. The largest absolute Gasteiger partial charge is 0.292 e. The van der Waals surface area contributed by atoms with E-state index in [1.54, 1.807) is 24.3 Å². The van der Waals surface area contributed by atoms with Crippen LogP contribution in [0.15, 0.2) is 42.5 Å². The van der Waals surface area contributed by atoms with Gasteiger partial charge in [-0.15, -0.1) is 0 Å². The minimum atomic E-state index is -0.703. The Morgan fingerprint density at radius 1 is 1.00 bits per heavy atom. The molecule has 1 aliphatic heterocycles. The summed E-state index contributed by atoms with van der Waals surface area (Å²) in [5, 5.41) is 2.25. The zero-order valence-electron chi connectivity index (χ0n) is 18.4. The van der Waals surface area contributed by atoms with E-state index in [2.05, 4.69) is 0 Å². The number of hydrogen-bond donors (Lipinski definition) is 0. The summed E-state index contributed by atoms with van der Waals surface area (Å²) in [5.74, 6) is -2.61. The number of aryl methyl sites for hydroxylation is 1. The Labute approximate surface area is 202 Å². The van der Waals surface area contributed by atoms with Crippen LogP contribution in [-0.2, 0) is 9.59 Å². The topological polar surface area (TPSA) is 74.8 Å². The van der Waals surface area contributed by atoms with Gasteiger partial charge in [0.15, 0.2) is 5.78 Å². The van der Waals surface area contributed by atoms with Gasteiger partial charge in [-0.1, -0.05) is 60.0 Å². The minimum Gasteiger partial charge on any atom is -0.292 e. The van der Waals surface area contributed by atoms with Crippen molar-refractivity contribution in [3.63, 3.8) is 0 Å². The van der Waals surface area contributed by atoms with E-state index in [9.17, 15) is 19.2 Å². The third kappa shape index (κ3) is 4.55. The minimum absolute atomic E-state index is 0.0570. The van der Waals surface area contributed by atoms with Crippen molar-refractivity contribution in [2.45, 2.75) is 33.1 Å². The zero-order chi connectivity index (χ0) is 23.9. The number of carbonyl (C=O) groups excluding carboxylic acids is 4. The van der Waals surface area contributed by atoms with Gasteiger partial charge >= 0.3 is 0 Å². The fourth-order valence-corrected chi connectivity index (χ4v) is 5.10. The van der Waals surface area contributed by atoms with E-state index < -0.39 is 41.9 Å². The highest BCUT2D eigenvalue weighted by Crippen LogP contribution is 2.41. The van der Waals surface area contributed by atoms with E-state index >= 15 is 0 Å². The van der Waals surface area contributed by atoms with Crippen LogP contribution in [0.5, 0.6) is 0 Å². The monoisotopic (exact) mass is 486 g/mol. The molecular weight excluding hydrogens is 463 g/mol. The number of benzene rings is 2. The number of nitrogens with zero attached hydrogens (tertiary/aromatic N) is 2. The number of rotatable bonds is 5. The first-order chi connectivity index (χ1) is 15.7. The summed E-state index contributed by atoms with van der Waals surface area (Å²) in [6.07, 6.45) is 2.01. The van der Waals surface area contributed by atoms with Gasteiger partial charge in [-0.25, -0.2) is 5.01 Å². The molecule has 0 unspecified atom stereocenters. The maximum absolute atomic E-state index is 13.5. The fourth-order valence-electron chi connectivity index (χ4n) is 4.61. The highest BCUT2D eigenvalue weighted by molar-refractivity contribution is 6.36. The Kier molecular flexibility index (Phi) is 6.59. The first-order valence-electron chi connectivity index (χ1n) is 10.9. The van der Waals surface area contributed by atoms with Gasteiger partial charge < -0.3 is 0 Å². The molecule has 0 N–H and O–H groups in total. The maximum atomic E-state index is 13.5. The van der Waals surface area contributed by atoms with Gasteiger partial charge in [-0.3, -0.25) is 19.2 Å². The molecule has 2 aliphatic rings. The van der Waals surface area contributed by atoms with Crippen LogP contribution in [-0.4, -0.2) is 40.1 Å². The van der Waals surface area contributed by atoms with Gasteiger partial charge in [-0.2, -0.15) is 5.01 Å². The molecule has 1 aliphatic carbocycles. The van der Waals surface area contributed by atoms with Crippen molar-refractivity contribution in [2.75, 3.05) is 6.54 Å². The molecule has 0 spiro atoms. The summed E-state index contributed by atoms with van der Waals surface area (Å²) >= 11 is 12.2. The summed E-state index contributed by atoms with van der Waals surface area (Å²) in [5.41, 5.74) is 1.42. The molecule has 1 saturated heterocycles. The average Bonchev–Trinajstić information content (AvgIpc) is 3.01. The van der Waals surface area contributed by atoms with Crippen LogP contribution >= 0.6 is 23.2 Å². The van der Waals surface area contributed by atoms with Crippen LogP contribution in [0.4, 0.5) is 0 Å². The Hall–Kier alpha value is -2.70. The molecule has 2 fully saturated rings. The van der Waals surface area contributed by atoms with Crippen molar-refractivity contribution in [1.29, 1.82) is 0 Å². The third-order valence-corrected chi connectivity index (χ3v) is 7.02. The Morgan fingerprint density at radius 2 is 1.67 bits per heavy atom. The van der Waals surface area contributed by atoms with Gasteiger partial charge in [0.2, 0.25) is 0 Å². The van der Waals surface area contributed by atoms with Gasteiger partial charge in [0, 0.05) is 10.6 Å². The number of carbonyl (C=O) groups is 4. The Balaban J connectivity index is 1.71. The second kappa shape index (κ2) is 9.27. The molecule has 0 aromatic heterocycles. The predicted molar refractivity (Wildman–Crippen MR) is 125 cm³/mol. The molecular formula is C25H24Cl2N2O4. The number of Topliss-reactive ketones (excluding diaryl/α,β-unsaturated/α-hetero) is 1. The SMILES string of the molecule is Cc1ccc(C(=O)CN(C(=O)c2ccc(Cl)cc2Cl)N2C(=O)[C@@H]3CC[C@H](C)C[C@H]3C2=O)cc1. The van der Waals surface area contributed by atoms with E-state index in [1.165, 1.54) is 18.2 Å². The summed E-state index contributed by atoms with van der Waals surface area (Å²) < 4.78 is 0. The summed E-state index contributed by atoms with van der Waals surface area (Å²) in [4.78, 5) is 53.2. The first-order valence-corrected chi connectivity index (χ1v) is 11.7. The van der Waals surface area contributed by atoms with Gasteiger partial charge in [0.25, 0.3) is 17.7 Å². The molecule has 3 amide bonds. The number of ketones is 1. The first kappa shape index (κ1) is 23.5. The van der Waals surface area contributed by atoms with Crippen LogP contribution in [0.1, 0.15) is 52.5 Å². The molecule has 172 valence electrons. The van der Waals surface area contributed by atoms with Crippen LogP contribution in [0, 0.1) is 24.7 Å². The van der Waals surface area contributed by atoms with Crippen LogP contribution in [0.3, 0.4) is 0 Å². The number of amides is 3. The van der Waals surface area contributed by atoms with E-state index in [0.717, 1.165) is 22.0 Å². The molecule has 33 heavy (non-hydrogen) atoms. The zero-order valence-corrected chi connectivity index (χ0v) is 19.9. The summed E-state index contributed by atoms with van der Waals surface area (Å²) in [6, 6.07) is 11.2. The lowest BCUT2D eigenvalue weighted by Crippen LogP contribution is -2.52. The Morgan fingerprint density at radius 3 is 2.33 bits per heavy atom. The van der Waals surface area contributed by atoms with Crippen molar-refractivity contribution in [3.8, 4) is 0 Å². The molecule has 1 saturated carbocycles. The van der Waals surface area contributed by atoms with Crippen LogP contribution < -0.4 is 0 Å². The van der Waals surface area contributed by atoms with E-state index in [4.69, 9.17) is 23.2 Å². The van der Waals surface area contributed by atoms with Crippen molar-refractivity contribution in [2.24, 2.45) is 17.8 Å². The highest BCUT2D eigenvalue weighted by Gasteiger charge is 2.53. The number of halogens is 2. The molecule has 4 rings (SSSR count). The normalized spacial score (nSPS) is 22.3. The molecule has 8 heteroatoms. The fraction of sp³-hybridized carbons (Fsp3) is 0.360. The number of imide groups is 1. The lowest BCUT2D eigenvalue weighted by Gasteiger charge is -2.30. The lowest BCUT2D eigenvalue weighted by atomic mass is 9.76. The average molecular weight is 487 g/mol.